The molecule has 2 aromatic heterocycles. The Kier molecular flexibility index (Phi) is 3.14. The molecule has 1 aromatic carbocycles. The Morgan fingerprint density at radius 3 is 3.00 bits per heavy atom. The van der Waals surface area contributed by atoms with Crippen LogP contribution in [0.4, 0.5) is 0 Å². The number of para-hydroxylation sites is 2. The van der Waals surface area contributed by atoms with E-state index >= 15 is 0 Å². The van der Waals surface area contributed by atoms with Crippen LogP contribution in [0.3, 0.4) is 0 Å². The number of aromatic nitrogens is 4. The van der Waals surface area contributed by atoms with Crippen LogP contribution in [0.25, 0.3) is 11.0 Å². The summed E-state index contributed by atoms with van der Waals surface area (Å²) in [5.41, 5.74) is 2.82. The van der Waals surface area contributed by atoms with Crippen molar-refractivity contribution in [1.29, 1.82) is 0 Å². The van der Waals surface area contributed by atoms with Crippen LogP contribution in [0.5, 0.6) is 0 Å². The molecule has 1 fully saturated rings. The molecule has 3 aromatic rings. The first-order chi connectivity index (χ1) is 10.8. The Balaban J connectivity index is 1.56. The third-order valence-corrected chi connectivity index (χ3v) is 4.26. The van der Waals surface area contributed by atoms with Gasteiger partial charge in [-0.05, 0) is 31.0 Å². The summed E-state index contributed by atoms with van der Waals surface area (Å²) in [6.45, 7) is 1.48. The summed E-state index contributed by atoms with van der Waals surface area (Å²) in [4.78, 5) is 22.1. The maximum absolute atomic E-state index is 12.7. The van der Waals surface area contributed by atoms with E-state index in [2.05, 4.69) is 20.2 Å². The van der Waals surface area contributed by atoms with Crippen LogP contribution in [-0.4, -0.2) is 44.1 Å². The zero-order valence-corrected chi connectivity index (χ0v) is 12.1. The number of piperidine rings is 1. The third kappa shape index (κ3) is 2.26. The van der Waals surface area contributed by atoms with Crippen LogP contribution < -0.4 is 0 Å². The second-order valence-electron chi connectivity index (χ2n) is 5.70. The number of nitrogens with one attached hydrogen (secondary N) is 2. The monoisotopic (exact) mass is 295 g/mol. The first-order valence-corrected chi connectivity index (χ1v) is 7.54. The number of imidazole rings is 1. The summed E-state index contributed by atoms with van der Waals surface area (Å²) in [5.74, 6) is 0.719. The number of hydrogen-bond donors (Lipinski definition) is 2. The largest absolute Gasteiger partial charge is 0.335 e. The summed E-state index contributed by atoms with van der Waals surface area (Å²) in [7, 11) is 0. The third-order valence-electron chi connectivity index (χ3n) is 4.26. The van der Waals surface area contributed by atoms with E-state index in [1.807, 2.05) is 35.2 Å². The fourth-order valence-corrected chi connectivity index (χ4v) is 3.11. The maximum Gasteiger partial charge on any atom is 0.289 e. The van der Waals surface area contributed by atoms with E-state index in [0.29, 0.717) is 18.3 Å². The van der Waals surface area contributed by atoms with E-state index in [-0.39, 0.29) is 5.91 Å². The first-order valence-electron chi connectivity index (χ1n) is 7.54. The zero-order chi connectivity index (χ0) is 14.9. The van der Waals surface area contributed by atoms with Crippen LogP contribution in [0, 0.1) is 0 Å². The van der Waals surface area contributed by atoms with Crippen molar-refractivity contribution in [2.45, 2.75) is 18.8 Å². The van der Waals surface area contributed by atoms with E-state index in [1.165, 1.54) is 0 Å². The standard InChI is InChI=1S/C16H17N5O/c22-16(15-18-13-5-1-2-6-14(13)19-15)21-9-3-4-11(10-21)12-7-8-17-20-12/h1-2,5-8,11H,3-4,9-10H2,(H,17,20)(H,18,19). The second-order valence-corrected chi connectivity index (χ2v) is 5.70. The zero-order valence-electron chi connectivity index (χ0n) is 12.1. The molecule has 2 N–H and O–H groups in total. The van der Waals surface area contributed by atoms with Crippen LogP contribution in [0.2, 0.25) is 0 Å². The quantitative estimate of drug-likeness (QED) is 0.761. The van der Waals surface area contributed by atoms with Gasteiger partial charge in [0.05, 0.1) is 11.0 Å². The van der Waals surface area contributed by atoms with Gasteiger partial charge in [-0.3, -0.25) is 9.89 Å². The summed E-state index contributed by atoms with van der Waals surface area (Å²) in [5, 5.41) is 7.02. The van der Waals surface area contributed by atoms with Gasteiger partial charge in [0.15, 0.2) is 5.82 Å². The average Bonchev–Trinajstić information content (AvgIpc) is 3.23. The van der Waals surface area contributed by atoms with Crippen molar-refractivity contribution in [3.05, 3.63) is 48.0 Å². The highest BCUT2D eigenvalue weighted by Gasteiger charge is 2.27. The molecule has 112 valence electrons. The van der Waals surface area contributed by atoms with Crippen molar-refractivity contribution in [2.24, 2.45) is 0 Å². The molecule has 1 atom stereocenters. The fourth-order valence-electron chi connectivity index (χ4n) is 3.11. The van der Waals surface area contributed by atoms with Gasteiger partial charge in [0.2, 0.25) is 0 Å². The molecule has 4 rings (SSSR count). The van der Waals surface area contributed by atoms with Gasteiger partial charge < -0.3 is 9.88 Å². The molecule has 0 aliphatic carbocycles. The van der Waals surface area contributed by atoms with Crippen LogP contribution >= 0.6 is 0 Å². The minimum absolute atomic E-state index is 0.0274. The van der Waals surface area contributed by atoms with Gasteiger partial charge in [0, 0.05) is 30.9 Å². The molecule has 22 heavy (non-hydrogen) atoms. The lowest BCUT2D eigenvalue weighted by atomic mass is 9.95. The summed E-state index contributed by atoms with van der Waals surface area (Å²) < 4.78 is 0. The molecular weight excluding hydrogens is 278 g/mol. The van der Waals surface area contributed by atoms with Crippen molar-refractivity contribution < 1.29 is 4.79 Å². The fraction of sp³-hybridized carbons (Fsp3) is 0.312. The number of nitrogens with zero attached hydrogens (tertiary/aromatic N) is 3. The SMILES string of the molecule is O=C(c1nc2ccccc2[nH]1)N1CCCC(c2ccn[nH]2)C1. The lowest BCUT2D eigenvalue weighted by molar-refractivity contribution is 0.0695. The minimum Gasteiger partial charge on any atom is -0.335 e. The smallest absolute Gasteiger partial charge is 0.289 e. The number of aromatic amines is 2. The predicted molar refractivity (Wildman–Crippen MR) is 82.6 cm³/mol. The molecule has 1 amide bonds. The van der Waals surface area contributed by atoms with Crippen LogP contribution in [-0.2, 0) is 0 Å². The van der Waals surface area contributed by atoms with Gasteiger partial charge in [0.25, 0.3) is 5.91 Å². The molecule has 6 nitrogen and oxygen atoms in total. The number of likely N-dealkylation sites (tertiary alicyclic amines) is 1. The Labute approximate surface area is 127 Å². The number of carbonyl (C=O) groups is 1. The number of rotatable bonds is 2. The molecule has 0 saturated carbocycles. The minimum atomic E-state index is -0.0274. The van der Waals surface area contributed by atoms with E-state index in [1.54, 1.807) is 6.20 Å². The van der Waals surface area contributed by atoms with Crippen LogP contribution in [0.1, 0.15) is 35.1 Å². The van der Waals surface area contributed by atoms with Crippen LogP contribution in [0.15, 0.2) is 36.5 Å². The van der Waals surface area contributed by atoms with E-state index < -0.39 is 0 Å². The Morgan fingerprint density at radius 2 is 2.18 bits per heavy atom. The van der Waals surface area contributed by atoms with Gasteiger partial charge in [-0.25, -0.2) is 4.98 Å². The molecule has 0 spiro atoms. The lowest BCUT2D eigenvalue weighted by Crippen LogP contribution is -2.39. The molecule has 0 bridgehead atoms. The Hall–Kier alpha value is -2.63. The van der Waals surface area contributed by atoms with Gasteiger partial charge >= 0.3 is 0 Å². The van der Waals surface area contributed by atoms with Crippen molar-refractivity contribution >= 4 is 16.9 Å². The highest BCUT2D eigenvalue weighted by molar-refractivity contribution is 5.94. The van der Waals surface area contributed by atoms with Crippen molar-refractivity contribution in [3.8, 4) is 0 Å². The number of amides is 1. The molecule has 1 aliphatic heterocycles. The molecule has 1 aliphatic rings. The number of fused-ring (bicyclic) bond motifs is 1. The topological polar surface area (TPSA) is 77.7 Å². The maximum atomic E-state index is 12.7. The van der Waals surface area contributed by atoms with Gasteiger partial charge in [-0.15, -0.1) is 0 Å². The van der Waals surface area contributed by atoms with Crippen molar-refractivity contribution in [3.63, 3.8) is 0 Å². The normalized spacial score (nSPS) is 18.7. The summed E-state index contributed by atoms with van der Waals surface area (Å²) in [6.07, 6.45) is 3.83. The number of carbonyl (C=O) groups excluding carboxylic acids is 1. The number of H-pyrrole nitrogens is 2. The van der Waals surface area contributed by atoms with Crippen molar-refractivity contribution in [2.75, 3.05) is 13.1 Å². The van der Waals surface area contributed by atoms with Crippen molar-refractivity contribution in [1.82, 2.24) is 25.1 Å². The first kappa shape index (κ1) is 13.1. The second kappa shape index (κ2) is 5.29. The molecule has 1 unspecified atom stereocenters. The molecule has 1 saturated heterocycles. The van der Waals surface area contributed by atoms with E-state index in [9.17, 15) is 4.79 Å². The van der Waals surface area contributed by atoms with E-state index in [0.717, 1.165) is 36.1 Å². The highest BCUT2D eigenvalue weighted by atomic mass is 16.2. The molecule has 3 heterocycles. The number of benzene rings is 1. The highest BCUT2D eigenvalue weighted by Crippen LogP contribution is 2.26. The van der Waals surface area contributed by atoms with Gasteiger partial charge in [-0.1, -0.05) is 12.1 Å². The van der Waals surface area contributed by atoms with Gasteiger partial charge in [0.1, 0.15) is 0 Å². The molecular formula is C16H17N5O. The predicted octanol–water partition coefficient (Wildman–Crippen LogP) is 2.31. The summed E-state index contributed by atoms with van der Waals surface area (Å²) >= 11 is 0. The average molecular weight is 295 g/mol. The molecule has 6 heteroatoms. The van der Waals surface area contributed by atoms with Gasteiger partial charge in [-0.2, -0.15) is 5.10 Å². The van der Waals surface area contributed by atoms with E-state index in [4.69, 9.17) is 0 Å². The molecule has 0 radical (unpaired) electrons. The lowest BCUT2D eigenvalue weighted by Gasteiger charge is -2.31. The Morgan fingerprint density at radius 1 is 1.27 bits per heavy atom. The number of hydrogen-bond acceptors (Lipinski definition) is 3. The Bertz CT molecular complexity index is 759. The summed E-state index contributed by atoms with van der Waals surface area (Å²) in [6, 6.07) is 9.69.